The van der Waals surface area contributed by atoms with E-state index in [-0.39, 0.29) is 9.92 Å². The number of nitrogens with one attached hydrogen (secondary N) is 1. The summed E-state index contributed by atoms with van der Waals surface area (Å²) in [6, 6.07) is -2.18. The molecule has 0 aliphatic carbocycles. The standard InChI is InChI=1S/C9H12ClF3N2O2S/c1-5-8(10)7(4-15(5)3)18(16,17)14-6(2)9(11,12)13/h4,6,14H,1-3H3/t6-/m1/s1. The maximum atomic E-state index is 12.3. The summed E-state index contributed by atoms with van der Waals surface area (Å²) in [5.41, 5.74) is 0.455. The van der Waals surface area contributed by atoms with Gasteiger partial charge in [0.1, 0.15) is 10.9 Å². The molecule has 0 amide bonds. The molecule has 0 unspecified atom stereocenters. The molecular weight excluding hydrogens is 293 g/mol. The summed E-state index contributed by atoms with van der Waals surface area (Å²) < 4.78 is 63.4. The van der Waals surface area contributed by atoms with Crippen LogP contribution in [0.1, 0.15) is 12.6 Å². The molecule has 0 aliphatic rings. The SMILES string of the molecule is Cc1c(Cl)c(S(=O)(=O)N[C@H](C)C(F)(F)F)cn1C. The average molecular weight is 305 g/mol. The van der Waals surface area contributed by atoms with Crippen LogP contribution in [0.3, 0.4) is 0 Å². The maximum absolute atomic E-state index is 12.3. The van der Waals surface area contributed by atoms with E-state index in [0.717, 1.165) is 6.92 Å². The fraction of sp³-hybridized carbons (Fsp3) is 0.556. The maximum Gasteiger partial charge on any atom is 0.404 e. The first-order valence-corrected chi connectivity index (χ1v) is 6.73. The number of sulfonamides is 1. The van der Waals surface area contributed by atoms with Crippen molar-refractivity contribution in [2.45, 2.75) is 31.0 Å². The normalized spacial score (nSPS) is 14.8. The molecule has 1 N–H and O–H groups in total. The lowest BCUT2D eigenvalue weighted by atomic mass is 10.4. The first kappa shape index (κ1) is 15.3. The summed E-state index contributed by atoms with van der Waals surface area (Å²) in [5.74, 6) is 0. The lowest BCUT2D eigenvalue weighted by Crippen LogP contribution is -2.42. The second-order valence-corrected chi connectivity index (χ2v) is 5.95. The van der Waals surface area contributed by atoms with Gasteiger partial charge in [-0.3, -0.25) is 0 Å². The van der Waals surface area contributed by atoms with Crippen LogP contribution in [0.2, 0.25) is 5.02 Å². The highest BCUT2D eigenvalue weighted by Gasteiger charge is 2.39. The number of aryl methyl sites for hydroxylation is 1. The third kappa shape index (κ3) is 2.99. The third-order valence-electron chi connectivity index (χ3n) is 2.49. The second-order valence-electron chi connectivity index (χ2n) is 3.89. The summed E-state index contributed by atoms with van der Waals surface area (Å²) in [7, 11) is -2.75. The van der Waals surface area contributed by atoms with E-state index in [1.807, 2.05) is 0 Å². The van der Waals surface area contributed by atoms with E-state index < -0.39 is 22.2 Å². The molecule has 0 aromatic carbocycles. The summed E-state index contributed by atoms with van der Waals surface area (Å²) >= 11 is 5.78. The monoisotopic (exact) mass is 304 g/mol. The number of alkyl halides is 3. The van der Waals surface area contributed by atoms with Crippen molar-refractivity contribution in [2.75, 3.05) is 0 Å². The van der Waals surface area contributed by atoms with E-state index in [1.165, 1.54) is 10.8 Å². The van der Waals surface area contributed by atoms with Crippen LogP contribution in [-0.4, -0.2) is 25.2 Å². The van der Waals surface area contributed by atoms with Gasteiger partial charge < -0.3 is 4.57 Å². The number of nitrogens with zero attached hydrogens (tertiary/aromatic N) is 1. The Hall–Kier alpha value is -0.730. The van der Waals surface area contributed by atoms with Crippen LogP contribution in [0, 0.1) is 6.92 Å². The van der Waals surface area contributed by atoms with Crippen molar-refractivity contribution in [1.82, 2.24) is 9.29 Å². The lowest BCUT2D eigenvalue weighted by molar-refractivity contribution is -0.147. The largest absolute Gasteiger partial charge is 0.404 e. The first-order chi connectivity index (χ1) is 7.97. The van der Waals surface area contributed by atoms with Crippen molar-refractivity contribution in [2.24, 2.45) is 7.05 Å². The van der Waals surface area contributed by atoms with Gasteiger partial charge in [-0.25, -0.2) is 8.42 Å². The molecule has 18 heavy (non-hydrogen) atoms. The van der Waals surface area contributed by atoms with Crippen LogP contribution < -0.4 is 4.72 Å². The van der Waals surface area contributed by atoms with Gasteiger partial charge in [0.25, 0.3) is 0 Å². The zero-order chi connectivity index (χ0) is 14.3. The Morgan fingerprint density at radius 3 is 2.28 bits per heavy atom. The molecule has 0 bridgehead atoms. The molecule has 1 heterocycles. The molecule has 0 spiro atoms. The quantitative estimate of drug-likeness (QED) is 0.931. The van der Waals surface area contributed by atoms with Gasteiger partial charge in [0.2, 0.25) is 10.0 Å². The fourth-order valence-electron chi connectivity index (χ4n) is 1.21. The Morgan fingerprint density at radius 2 is 1.94 bits per heavy atom. The van der Waals surface area contributed by atoms with Crippen LogP contribution in [0.25, 0.3) is 0 Å². The summed E-state index contributed by atoms with van der Waals surface area (Å²) in [6.45, 7) is 2.29. The molecule has 0 fully saturated rings. The molecule has 9 heteroatoms. The zero-order valence-electron chi connectivity index (χ0n) is 9.84. The molecular formula is C9H12ClF3N2O2S. The number of aromatic nitrogens is 1. The minimum Gasteiger partial charge on any atom is -0.352 e. The highest BCUT2D eigenvalue weighted by Crippen LogP contribution is 2.28. The zero-order valence-corrected chi connectivity index (χ0v) is 11.4. The van der Waals surface area contributed by atoms with Gasteiger partial charge in [-0.05, 0) is 13.8 Å². The van der Waals surface area contributed by atoms with Gasteiger partial charge in [0.15, 0.2) is 0 Å². The molecule has 4 nitrogen and oxygen atoms in total. The summed E-state index contributed by atoms with van der Waals surface area (Å²) in [6.07, 6.45) is -3.48. The third-order valence-corrected chi connectivity index (χ3v) is 4.63. The van der Waals surface area contributed by atoms with Crippen LogP contribution in [0.5, 0.6) is 0 Å². The van der Waals surface area contributed by atoms with E-state index in [0.29, 0.717) is 5.69 Å². The minimum absolute atomic E-state index is 0.0839. The molecule has 1 rings (SSSR count). The van der Waals surface area contributed by atoms with Crippen molar-refractivity contribution in [1.29, 1.82) is 0 Å². The van der Waals surface area contributed by atoms with Crippen LogP contribution in [0.4, 0.5) is 13.2 Å². The van der Waals surface area contributed by atoms with Crippen molar-refractivity contribution < 1.29 is 21.6 Å². The molecule has 104 valence electrons. The smallest absolute Gasteiger partial charge is 0.352 e. The number of halogens is 4. The highest BCUT2D eigenvalue weighted by molar-refractivity contribution is 7.89. The van der Waals surface area contributed by atoms with Crippen molar-refractivity contribution >= 4 is 21.6 Å². The molecule has 0 aliphatic heterocycles. The summed E-state index contributed by atoms with van der Waals surface area (Å²) in [4.78, 5) is -0.361. The van der Waals surface area contributed by atoms with Crippen LogP contribution >= 0.6 is 11.6 Å². The highest BCUT2D eigenvalue weighted by atomic mass is 35.5. The van der Waals surface area contributed by atoms with Gasteiger partial charge >= 0.3 is 6.18 Å². The topological polar surface area (TPSA) is 51.1 Å². The van der Waals surface area contributed by atoms with E-state index >= 15 is 0 Å². The number of hydrogen-bond acceptors (Lipinski definition) is 2. The van der Waals surface area contributed by atoms with E-state index in [4.69, 9.17) is 11.6 Å². The van der Waals surface area contributed by atoms with Crippen molar-refractivity contribution in [3.8, 4) is 0 Å². The van der Waals surface area contributed by atoms with Crippen LogP contribution in [0.15, 0.2) is 11.1 Å². The van der Waals surface area contributed by atoms with Gasteiger partial charge in [-0.1, -0.05) is 11.6 Å². The lowest BCUT2D eigenvalue weighted by Gasteiger charge is -2.16. The fourth-order valence-corrected chi connectivity index (χ4v) is 3.11. The number of hydrogen-bond donors (Lipinski definition) is 1. The predicted octanol–water partition coefficient (Wildman–Crippen LogP) is 2.22. The van der Waals surface area contributed by atoms with E-state index in [9.17, 15) is 21.6 Å². The molecule has 0 radical (unpaired) electrons. The van der Waals surface area contributed by atoms with Crippen molar-refractivity contribution in [3.63, 3.8) is 0 Å². The van der Waals surface area contributed by atoms with Gasteiger partial charge in [0.05, 0.1) is 5.02 Å². The van der Waals surface area contributed by atoms with Gasteiger partial charge in [-0.2, -0.15) is 17.9 Å². The second kappa shape index (κ2) is 4.75. The van der Waals surface area contributed by atoms with Gasteiger partial charge in [0, 0.05) is 18.9 Å². The Balaban J connectivity index is 3.12. The van der Waals surface area contributed by atoms with Gasteiger partial charge in [-0.15, -0.1) is 0 Å². The molecule has 1 atom stereocenters. The first-order valence-electron chi connectivity index (χ1n) is 4.87. The minimum atomic E-state index is -4.65. The Kier molecular flexibility index (Phi) is 4.04. The molecule has 1 aromatic heterocycles. The van der Waals surface area contributed by atoms with Crippen LogP contribution in [-0.2, 0) is 17.1 Å². The Morgan fingerprint density at radius 1 is 1.44 bits per heavy atom. The predicted molar refractivity (Wildman–Crippen MR) is 61.0 cm³/mol. The molecule has 0 saturated carbocycles. The Labute approximate surface area is 108 Å². The molecule has 0 saturated heterocycles. The molecule has 1 aromatic rings. The average Bonchev–Trinajstić information content (AvgIpc) is 2.44. The van der Waals surface area contributed by atoms with E-state index in [1.54, 1.807) is 18.7 Å². The van der Waals surface area contributed by atoms with Crippen molar-refractivity contribution in [3.05, 3.63) is 16.9 Å². The number of rotatable bonds is 3. The Bertz CT molecular complexity index is 551. The van der Waals surface area contributed by atoms with E-state index in [2.05, 4.69) is 0 Å². The summed E-state index contributed by atoms with van der Waals surface area (Å²) in [5, 5.41) is -0.0839.